The van der Waals surface area contributed by atoms with Gasteiger partial charge in [0.2, 0.25) is 0 Å². The highest BCUT2D eigenvalue weighted by atomic mass is 16.5. The lowest BCUT2D eigenvalue weighted by Crippen LogP contribution is -2.54. The summed E-state index contributed by atoms with van der Waals surface area (Å²) < 4.78 is 5.66. The van der Waals surface area contributed by atoms with Crippen LogP contribution in [0.3, 0.4) is 0 Å². The molecular formula is C31H54O3. The van der Waals surface area contributed by atoms with E-state index >= 15 is 0 Å². The molecule has 1 N–H and O–H groups in total. The van der Waals surface area contributed by atoms with Gasteiger partial charge >= 0.3 is 5.97 Å². The van der Waals surface area contributed by atoms with E-state index in [4.69, 9.17) is 4.74 Å². The summed E-state index contributed by atoms with van der Waals surface area (Å²) in [6.07, 6.45) is 15.7. The van der Waals surface area contributed by atoms with Gasteiger partial charge in [0.05, 0.1) is 0 Å². The average molecular weight is 475 g/mol. The van der Waals surface area contributed by atoms with Gasteiger partial charge in [0.15, 0.2) is 0 Å². The molecule has 0 heterocycles. The van der Waals surface area contributed by atoms with Crippen molar-refractivity contribution in [1.82, 2.24) is 0 Å². The first-order valence-corrected chi connectivity index (χ1v) is 14.9. The molecule has 4 saturated carbocycles. The minimum atomic E-state index is -0.0992. The zero-order valence-corrected chi connectivity index (χ0v) is 23.2. The molecular weight excluding hydrogens is 420 g/mol. The predicted octanol–water partition coefficient (Wildman–Crippen LogP) is 7.65. The highest BCUT2D eigenvalue weighted by Gasteiger charge is 2.60. The summed E-state index contributed by atoms with van der Waals surface area (Å²) in [6.45, 7) is 14.4. The van der Waals surface area contributed by atoms with Crippen LogP contribution < -0.4 is 0 Å². The standard InChI is InChI=1S/C31H54O3/c1-20(2)23(15-18-32)8-7-21(3)27-11-12-28-26-10-9-24-19-25(34-22(4)33)13-16-30(24,5)29(26)14-17-31(27,28)6/h20-21,23-29,32H,7-19H2,1-6H3/t21-,23+,24?,25?,26+,27-,28+,29+,30+,31-/m1/s1. The van der Waals surface area contributed by atoms with E-state index in [-0.39, 0.29) is 12.1 Å². The molecule has 0 aromatic carbocycles. The van der Waals surface area contributed by atoms with Crippen molar-refractivity contribution in [3.63, 3.8) is 0 Å². The fourth-order valence-corrected chi connectivity index (χ4v) is 10.2. The second-order valence-corrected chi connectivity index (χ2v) is 14.0. The van der Waals surface area contributed by atoms with Crippen molar-refractivity contribution in [3.8, 4) is 0 Å². The third kappa shape index (κ3) is 4.85. The van der Waals surface area contributed by atoms with Gasteiger partial charge in [-0.3, -0.25) is 4.79 Å². The van der Waals surface area contributed by atoms with Gasteiger partial charge in [-0.1, -0.05) is 41.0 Å². The van der Waals surface area contributed by atoms with Crippen LogP contribution in [0, 0.1) is 58.2 Å². The second kappa shape index (κ2) is 10.4. The number of rotatable bonds is 8. The zero-order chi connectivity index (χ0) is 24.7. The maximum atomic E-state index is 11.5. The summed E-state index contributed by atoms with van der Waals surface area (Å²) in [4.78, 5) is 11.5. The molecule has 34 heavy (non-hydrogen) atoms. The Kier molecular flexibility index (Phi) is 8.12. The van der Waals surface area contributed by atoms with Gasteiger partial charge in [-0.2, -0.15) is 0 Å². The first-order valence-electron chi connectivity index (χ1n) is 14.9. The Bertz CT molecular complexity index is 703. The number of esters is 1. The van der Waals surface area contributed by atoms with E-state index in [1.165, 1.54) is 57.8 Å². The molecule has 4 rings (SSSR count). The largest absolute Gasteiger partial charge is 0.463 e. The van der Waals surface area contributed by atoms with Crippen LogP contribution in [0.25, 0.3) is 0 Å². The highest BCUT2D eigenvalue weighted by Crippen LogP contribution is 2.68. The second-order valence-electron chi connectivity index (χ2n) is 14.0. The quantitative estimate of drug-likeness (QED) is 0.367. The van der Waals surface area contributed by atoms with Gasteiger partial charge in [-0.15, -0.1) is 0 Å². The summed E-state index contributed by atoms with van der Waals surface area (Å²) >= 11 is 0. The molecule has 0 aromatic heterocycles. The minimum Gasteiger partial charge on any atom is -0.463 e. The molecule has 0 amide bonds. The van der Waals surface area contributed by atoms with Crippen LogP contribution in [-0.4, -0.2) is 23.8 Å². The molecule has 0 bridgehead atoms. The zero-order valence-electron chi connectivity index (χ0n) is 23.2. The number of carbonyl (C=O) groups is 1. The predicted molar refractivity (Wildman–Crippen MR) is 139 cm³/mol. The first-order chi connectivity index (χ1) is 16.1. The molecule has 4 aliphatic rings. The van der Waals surface area contributed by atoms with Gasteiger partial charge in [0.1, 0.15) is 6.10 Å². The van der Waals surface area contributed by atoms with Crippen LogP contribution in [0.15, 0.2) is 0 Å². The first kappa shape index (κ1) is 26.5. The number of aliphatic hydroxyl groups is 1. The van der Waals surface area contributed by atoms with Gasteiger partial charge in [0.25, 0.3) is 0 Å². The summed E-state index contributed by atoms with van der Waals surface area (Å²) in [7, 11) is 0. The normalized spacial score (nSPS) is 43.5. The summed E-state index contributed by atoms with van der Waals surface area (Å²) in [6, 6.07) is 0. The molecule has 0 saturated heterocycles. The SMILES string of the molecule is CC(=O)OC1CC[C@@]2(C)C(CC[C@H]3[C@@H]4CC[C@H]([C@H](C)CC[C@@H](CCO)C(C)C)[C@@]4(C)CC[C@@H]32)C1. The van der Waals surface area contributed by atoms with E-state index in [9.17, 15) is 9.90 Å². The fraction of sp³-hybridized carbons (Fsp3) is 0.968. The molecule has 3 heteroatoms. The van der Waals surface area contributed by atoms with Gasteiger partial charge in [0, 0.05) is 13.5 Å². The van der Waals surface area contributed by atoms with E-state index in [0.717, 1.165) is 54.8 Å². The lowest BCUT2D eigenvalue weighted by atomic mass is 9.44. The topological polar surface area (TPSA) is 46.5 Å². The van der Waals surface area contributed by atoms with Crippen LogP contribution in [0.1, 0.15) is 119 Å². The summed E-state index contributed by atoms with van der Waals surface area (Å²) in [5, 5.41) is 9.50. The van der Waals surface area contributed by atoms with E-state index < -0.39 is 0 Å². The maximum Gasteiger partial charge on any atom is 0.302 e. The number of carbonyl (C=O) groups excluding carboxylic acids is 1. The number of hydrogen-bond donors (Lipinski definition) is 1. The number of fused-ring (bicyclic) bond motifs is 5. The van der Waals surface area contributed by atoms with E-state index in [2.05, 4.69) is 34.6 Å². The van der Waals surface area contributed by atoms with Crippen molar-refractivity contribution in [2.75, 3.05) is 6.61 Å². The number of ether oxygens (including phenoxy) is 1. The molecule has 0 radical (unpaired) electrons. The molecule has 0 spiro atoms. The monoisotopic (exact) mass is 474 g/mol. The van der Waals surface area contributed by atoms with Crippen LogP contribution in [0.4, 0.5) is 0 Å². The summed E-state index contributed by atoms with van der Waals surface area (Å²) in [5.74, 6) is 6.39. The Morgan fingerprint density at radius 2 is 1.62 bits per heavy atom. The molecule has 0 aliphatic heterocycles. The van der Waals surface area contributed by atoms with Crippen molar-refractivity contribution in [2.45, 2.75) is 125 Å². The van der Waals surface area contributed by atoms with Crippen molar-refractivity contribution < 1.29 is 14.6 Å². The summed E-state index contributed by atoms with van der Waals surface area (Å²) in [5.41, 5.74) is 0.988. The van der Waals surface area contributed by atoms with Gasteiger partial charge < -0.3 is 9.84 Å². The van der Waals surface area contributed by atoms with E-state index in [0.29, 0.717) is 29.3 Å². The van der Waals surface area contributed by atoms with Crippen molar-refractivity contribution >= 4 is 5.97 Å². The van der Waals surface area contributed by atoms with Crippen LogP contribution >= 0.6 is 0 Å². The highest BCUT2D eigenvalue weighted by molar-refractivity contribution is 5.66. The van der Waals surface area contributed by atoms with Gasteiger partial charge in [-0.25, -0.2) is 0 Å². The number of hydrogen-bond acceptors (Lipinski definition) is 3. The smallest absolute Gasteiger partial charge is 0.302 e. The number of aliphatic hydroxyl groups excluding tert-OH is 1. The lowest BCUT2D eigenvalue weighted by molar-refractivity contribution is -0.160. The molecule has 0 aromatic rings. The van der Waals surface area contributed by atoms with E-state index in [1.807, 2.05) is 0 Å². The van der Waals surface area contributed by atoms with E-state index in [1.54, 1.807) is 6.92 Å². The molecule has 4 fully saturated rings. The Hall–Kier alpha value is -0.570. The Morgan fingerprint density at radius 1 is 0.912 bits per heavy atom. The van der Waals surface area contributed by atoms with Crippen molar-refractivity contribution in [3.05, 3.63) is 0 Å². The van der Waals surface area contributed by atoms with Crippen molar-refractivity contribution in [2.24, 2.45) is 58.2 Å². The fourth-order valence-electron chi connectivity index (χ4n) is 10.2. The molecule has 2 unspecified atom stereocenters. The van der Waals surface area contributed by atoms with Gasteiger partial charge in [-0.05, 0) is 129 Å². The van der Waals surface area contributed by atoms with Crippen LogP contribution in [0.5, 0.6) is 0 Å². The molecule has 196 valence electrons. The lowest BCUT2D eigenvalue weighted by Gasteiger charge is -2.61. The van der Waals surface area contributed by atoms with Crippen molar-refractivity contribution in [1.29, 1.82) is 0 Å². The Morgan fingerprint density at radius 3 is 2.29 bits per heavy atom. The third-order valence-electron chi connectivity index (χ3n) is 12.1. The minimum absolute atomic E-state index is 0.0992. The Balaban J connectivity index is 1.41. The van der Waals surface area contributed by atoms with Crippen LogP contribution in [-0.2, 0) is 9.53 Å². The van der Waals surface area contributed by atoms with Crippen LogP contribution in [0.2, 0.25) is 0 Å². The molecule has 4 aliphatic carbocycles. The third-order valence-corrected chi connectivity index (χ3v) is 12.1. The molecule has 3 nitrogen and oxygen atoms in total. The average Bonchev–Trinajstić information content (AvgIpc) is 3.13. The molecule has 10 atom stereocenters. The Labute approximate surface area is 210 Å². The maximum absolute atomic E-state index is 11.5.